The second kappa shape index (κ2) is 8.65. The first-order valence-electron chi connectivity index (χ1n) is 8.29. The summed E-state index contributed by atoms with van der Waals surface area (Å²) in [4.78, 5) is 27.8. The van der Waals surface area contributed by atoms with Crippen LogP contribution in [0.4, 0.5) is 11.4 Å². The van der Waals surface area contributed by atoms with Gasteiger partial charge in [0.2, 0.25) is 0 Å². The molecule has 0 saturated carbocycles. The lowest BCUT2D eigenvalue weighted by Crippen LogP contribution is -2.19. The minimum absolute atomic E-state index is 0.205. The molecule has 1 N–H and O–H groups in total. The molecule has 1 amide bonds. The Morgan fingerprint density at radius 1 is 1.07 bits per heavy atom. The largest absolute Gasteiger partial charge is 0.497 e. The van der Waals surface area contributed by atoms with Gasteiger partial charge in [-0.2, -0.15) is 0 Å². The maximum atomic E-state index is 12.3. The molecule has 0 aromatic heterocycles. The van der Waals surface area contributed by atoms with Gasteiger partial charge in [0.15, 0.2) is 16.7 Å². The summed E-state index contributed by atoms with van der Waals surface area (Å²) in [5.74, 6) is 0.844. The van der Waals surface area contributed by atoms with Crippen molar-refractivity contribution in [2.45, 2.75) is 0 Å². The highest BCUT2D eigenvalue weighted by atomic mass is 32.2. The van der Waals surface area contributed by atoms with Crippen LogP contribution >= 0.6 is 11.8 Å². The Balaban J connectivity index is 1.93. The molecule has 0 spiro atoms. The molecular formula is C19H17N3O6S. The number of nitro benzene ring substituents is 1. The maximum Gasteiger partial charge on any atom is 0.280 e. The number of aliphatic imine (C=N–C) groups is 1. The van der Waals surface area contributed by atoms with Crippen molar-refractivity contribution in [3.8, 4) is 17.2 Å². The molecule has 0 unspecified atom stereocenters. The first-order valence-corrected chi connectivity index (χ1v) is 9.11. The number of hydrogen-bond donors (Lipinski definition) is 1. The summed E-state index contributed by atoms with van der Waals surface area (Å²) in [5, 5.41) is 14.5. The van der Waals surface area contributed by atoms with Crippen LogP contribution in [0.1, 0.15) is 5.56 Å². The van der Waals surface area contributed by atoms with E-state index in [1.165, 1.54) is 32.4 Å². The summed E-state index contributed by atoms with van der Waals surface area (Å²) in [6.07, 6.45) is 1.43. The van der Waals surface area contributed by atoms with Crippen LogP contribution in [0.5, 0.6) is 17.2 Å². The van der Waals surface area contributed by atoms with Crippen LogP contribution in [0.25, 0.3) is 6.08 Å². The summed E-state index contributed by atoms with van der Waals surface area (Å²) in [7, 11) is 4.39. The van der Waals surface area contributed by atoms with Crippen LogP contribution in [0.15, 0.2) is 46.3 Å². The van der Waals surface area contributed by atoms with Gasteiger partial charge in [0.05, 0.1) is 48.5 Å². The Bertz CT molecular complexity index is 1020. The molecule has 9 nitrogen and oxygen atoms in total. The van der Waals surface area contributed by atoms with E-state index in [1.54, 1.807) is 31.4 Å². The number of nitro groups is 1. The van der Waals surface area contributed by atoms with E-state index in [2.05, 4.69) is 10.3 Å². The zero-order chi connectivity index (χ0) is 21.0. The van der Waals surface area contributed by atoms with E-state index in [4.69, 9.17) is 14.2 Å². The van der Waals surface area contributed by atoms with Gasteiger partial charge in [-0.1, -0.05) is 0 Å². The molecule has 1 heterocycles. The van der Waals surface area contributed by atoms with Gasteiger partial charge in [-0.05, 0) is 48.2 Å². The zero-order valence-corrected chi connectivity index (χ0v) is 16.6. The summed E-state index contributed by atoms with van der Waals surface area (Å²) in [6.45, 7) is 0. The minimum atomic E-state index is -0.543. The van der Waals surface area contributed by atoms with Crippen molar-refractivity contribution < 1.29 is 23.9 Å². The predicted molar refractivity (Wildman–Crippen MR) is 110 cm³/mol. The number of thioether (sulfide) groups is 1. The van der Waals surface area contributed by atoms with E-state index >= 15 is 0 Å². The number of nitrogens with zero attached hydrogens (tertiary/aromatic N) is 2. The fourth-order valence-electron chi connectivity index (χ4n) is 2.55. The normalized spacial score (nSPS) is 16.0. The first-order chi connectivity index (χ1) is 13.9. The highest BCUT2D eigenvalue weighted by Crippen LogP contribution is 2.37. The summed E-state index contributed by atoms with van der Waals surface area (Å²) >= 11 is 1.09. The fourth-order valence-corrected chi connectivity index (χ4v) is 3.39. The molecule has 2 aromatic carbocycles. The van der Waals surface area contributed by atoms with Crippen molar-refractivity contribution in [2.24, 2.45) is 4.99 Å². The third-order valence-electron chi connectivity index (χ3n) is 3.97. The van der Waals surface area contributed by atoms with Crippen molar-refractivity contribution in [2.75, 3.05) is 21.3 Å². The Morgan fingerprint density at radius 2 is 1.72 bits per heavy atom. The van der Waals surface area contributed by atoms with Gasteiger partial charge in [0.1, 0.15) is 5.75 Å². The smallest absolute Gasteiger partial charge is 0.280 e. The van der Waals surface area contributed by atoms with E-state index in [0.717, 1.165) is 11.8 Å². The third kappa shape index (κ3) is 4.49. The molecule has 1 fully saturated rings. The van der Waals surface area contributed by atoms with Gasteiger partial charge in [-0.15, -0.1) is 0 Å². The SMILES string of the molecule is COc1ccc(N=C2NC(=O)/C(=C\c3cc(OC)c(OC)cc3[N+](=O)[O-])S2)cc1. The summed E-state index contributed by atoms with van der Waals surface area (Å²) < 4.78 is 15.4. The van der Waals surface area contributed by atoms with Gasteiger partial charge >= 0.3 is 0 Å². The number of methoxy groups -OCH3 is 3. The average Bonchev–Trinajstić information content (AvgIpc) is 3.06. The molecule has 0 aliphatic carbocycles. The lowest BCUT2D eigenvalue weighted by atomic mass is 10.1. The molecule has 2 aromatic rings. The number of nitrogens with one attached hydrogen (secondary N) is 1. The average molecular weight is 415 g/mol. The summed E-state index contributed by atoms with van der Waals surface area (Å²) in [6, 6.07) is 9.72. The van der Waals surface area contributed by atoms with Gasteiger partial charge in [0, 0.05) is 0 Å². The van der Waals surface area contributed by atoms with E-state index in [1.807, 2.05) is 0 Å². The van der Waals surface area contributed by atoms with E-state index < -0.39 is 10.8 Å². The molecule has 0 atom stereocenters. The molecule has 1 saturated heterocycles. The second-order valence-corrected chi connectivity index (χ2v) is 6.73. The van der Waals surface area contributed by atoms with Crippen molar-refractivity contribution >= 4 is 40.3 Å². The summed E-state index contributed by atoms with van der Waals surface area (Å²) in [5.41, 5.74) is 0.645. The van der Waals surface area contributed by atoms with Gasteiger partial charge < -0.3 is 19.5 Å². The van der Waals surface area contributed by atoms with Crippen LogP contribution in [0, 0.1) is 10.1 Å². The number of rotatable bonds is 6. The lowest BCUT2D eigenvalue weighted by molar-refractivity contribution is -0.385. The van der Waals surface area contributed by atoms with Crippen LogP contribution in [0.2, 0.25) is 0 Å². The Morgan fingerprint density at radius 3 is 2.31 bits per heavy atom. The number of amides is 1. The number of ether oxygens (including phenoxy) is 3. The number of amidine groups is 1. The molecule has 10 heteroatoms. The number of carbonyl (C=O) groups excluding carboxylic acids is 1. The monoisotopic (exact) mass is 415 g/mol. The van der Waals surface area contributed by atoms with Crippen LogP contribution in [0.3, 0.4) is 0 Å². The molecule has 150 valence electrons. The van der Waals surface area contributed by atoms with Crippen molar-refractivity contribution in [1.29, 1.82) is 0 Å². The molecule has 0 bridgehead atoms. The van der Waals surface area contributed by atoms with Crippen LogP contribution in [-0.4, -0.2) is 37.3 Å². The Hall–Kier alpha value is -3.53. The molecule has 1 aliphatic heterocycles. The number of carbonyl (C=O) groups is 1. The number of benzene rings is 2. The zero-order valence-electron chi connectivity index (χ0n) is 15.8. The molecule has 3 rings (SSSR count). The second-order valence-electron chi connectivity index (χ2n) is 5.70. The Labute approximate surface area is 170 Å². The molecule has 1 aliphatic rings. The minimum Gasteiger partial charge on any atom is -0.497 e. The standard InChI is InChI=1S/C19H17N3O6S/c1-26-13-6-4-12(5-7-13)20-19-21-18(23)17(29-19)9-11-8-15(27-2)16(28-3)10-14(11)22(24)25/h4-10H,1-3H3,(H,20,21,23)/b17-9+. The van der Waals surface area contributed by atoms with Gasteiger partial charge in [0.25, 0.3) is 11.6 Å². The van der Waals surface area contributed by atoms with Crippen LogP contribution in [-0.2, 0) is 4.79 Å². The third-order valence-corrected chi connectivity index (χ3v) is 4.88. The van der Waals surface area contributed by atoms with E-state index in [9.17, 15) is 14.9 Å². The Kier molecular flexibility index (Phi) is 6.03. The van der Waals surface area contributed by atoms with Gasteiger partial charge in [-0.25, -0.2) is 4.99 Å². The van der Waals surface area contributed by atoms with Crippen molar-refractivity contribution in [3.05, 3.63) is 57.0 Å². The molecular weight excluding hydrogens is 398 g/mol. The highest BCUT2D eigenvalue weighted by Gasteiger charge is 2.26. The maximum absolute atomic E-state index is 12.3. The predicted octanol–water partition coefficient (Wildman–Crippen LogP) is 3.51. The van der Waals surface area contributed by atoms with Gasteiger partial charge in [-0.3, -0.25) is 14.9 Å². The van der Waals surface area contributed by atoms with Crippen molar-refractivity contribution in [1.82, 2.24) is 5.32 Å². The van der Waals surface area contributed by atoms with Crippen molar-refractivity contribution in [3.63, 3.8) is 0 Å². The molecule has 0 radical (unpaired) electrons. The quantitative estimate of drug-likeness (QED) is 0.436. The molecule has 29 heavy (non-hydrogen) atoms. The van der Waals surface area contributed by atoms with E-state index in [0.29, 0.717) is 22.4 Å². The fraction of sp³-hybridized carbons (Fsp3) is 0.158. The first kappa shape index (κ1) is 20.2. The van der Waals surface area contributed by atoms with Crippen LogP contribution < -0.4 is 19.5 Å². The number of hydrogen-bond acceptors (Lipinski definition) is 8. The van der Waals surface area contributed by atoms with E-state index in [-0.39, 0.29) is 21.9 Å². The topological polar surface area (TPSA) is 112 Å². The highest BCUT2D eigenvalue weighted by molar-refractivity contribution is 8.18. The lowest BCUT2D eigenvalue weighted by Gasteiger charge is -2.08.